The van der Waals surface area contributed by atoms with Crippen molar-refractivity contribution in [2.75, 3.05) is 12.4 Å². The number of anilines is 1. The van der Waals surface area contributed by atoms with Crippen LogP contribution >= 0.6 is 0 Å². The van der Waals surface area contributed by atoms with Gasteiger partial charge in [0.15, 0.2) is 5.78 Å². The molecule has 23 heavy (non-hydrogen) atoms. The molecule has 0 bridgehead atoms. The highest BCUT2D eigenvalue weighted by molar-refractivity contribution is 6.09. The number of esters is 1. The Morgan fingerprint density at radius 1 is 1.22 bits per heavy atom. The summed E-state index contributed by atoms with van der Waals surface area (Å²) in [5.41, 5.74) is 2.12. The van der Waals surface area contributed by atoms with Crippen LogP contribution in [0.4, 0.5) is 5.82 Å². The maximum Gasteiger partial charge on any atom is 0.338 e. The third-order valence-electron chi connectivity index (χ3n) is 3.75. The highest BCUT2D eigenvalue weighted by atomic mass is 16.5. The molecule has 0 fully saturated rings. The number of carbonyl (C=O) groups excluding carboxylic acids is 3. The summed E-state index contributed by atoms with van der Waals surface area (Å²) in [6, 6.07) is 8.04. The van der Waals surface area contributed by atoms with Crippen molar-refractivity contribution in [3.8, 4) is 0 Å². The number of aromatic nitrogens is 1. The van der Waals surface area contributed by atoms with E-state index in [0.29, 0.717) is 29.5 Å². The summed E-state index contributed by atoms with van der Waals surface area (Å²) >= 11 is 0. The third kappa shape index (κ3) is 2.83. The minimum absolute atomic E-state index is 0.0560. The Kier molecular flexibility index (Phi) is 3.89. The fraction of sp³-hybridized carbons (Fsp3) is 0.176. The van der Waals surface area contributed by atoms with E-state index in [0.717, 1.165) is 5.56 Å². The zero-order chi connectivity index (χ0) is 16.4. The van der Waals surface area contributed by atoms with E-state index in [1.165, 1.54) is 25.4 Å². The zero-order valence-corrected chi connectivity index (χ0v) is 12.5. The van der Waals surface area contributed by atoms with Gasteiger partial charge < -0.3 is 10.1 Å². The van der Waals surface area contributed by atoms with Gasteiger partial charge in [0.1, 0.15) is 5.82 Å². The average Bonchev–Trinajstić information content (AvgIpc) is 2.95. The monoisotopic (exact) mass is 310 g/mol. The van der Waals surface area contributed by atoms with E-state index < -0.39 is 5.97 Å². The van der Waals surface area contributed by atoms with Crippen LogP contribution in [0.5, 0.6) is 0 Å². The largest absolute Gasteiger partial charge is 0.465 e. The molecule has 0 radical (unpaired) electrons. The van der Waals surface area contributed by atoms with Gasteiger partial charge in [-0.25, -0.2) is 9.78 Å². The SMILES string of the molecule is COC(=O)c1ccnc(NC(=O)c2cccc3c2CCC3=O)c1. The van der Waals surface area contributed by atoms with Gasteiger partial charge in [0.25, 0.3) is 5.91 Å². The van der Waals surface area contributed by atoms with E-state index >= 15 is 0 Å². The molecule has 1 aromatic heterocycles. The van der Waals surface area contributed by atoms with E-state index in [9.17, 15) is 14.4 Å². The van der Waals surface area contributed by atoms with Gasteiger partial charge in [0.2, 0.25) is 0 Å². The predicted molar refractivity (Wildman–Crippen MR) is 82.6 cm³/mol. The first kappa shape index (κ1) is 14.9. The van der Waals surface area contributed by atoms with Crippen molar-refractivity contribution in [1.29, 1.82) is 0 Å². The average molecular weight is 310 g/mol. The maximum atomic E-state index is 12.5. The molecule has 0 spiro atoms. The molecule has 1 aliphatic rings. The molecule has 1 aliphatic carbocycles. The fourth-order valence-corrected chi connectivity index (χ4v) is 2.63. The molecule has 3 rings (SSSR count). The van der Waals surface area contributed by atoms with Crippen LogP contribution in [0, 0.1) is 0 Å². The first-order valence-corrected chi connectivity index (χ1v) is 7.11. The van der Waals surface area contributed by atoms with Crippen molar-refractivity contribution >= 4 is 23.5 Å². The first-order valence-electron chi connectivity index (χ1n) is 7.11. The smallest absolute Gasteiger partial charge is 0.338 e. The standard InChI is InChI=1S/C17H14N2O4/c1-23-17(22)10-7-8-18-15(9-10)19-16(21)13-4-2-3-12-11(13)5-6-14(12)20/h2-4,7-9H,5-6H2,1H3,(H,18,19,21). The van der Waals surface area contributed by atoms with Crippen LogP contribution in [-0.2, 0) is 11.2 Å². The highest BCUT2D eigenvalue weighted by Crippen LogP contribution is 2.25. The summed E-state index contributed by atoms with van der Waals surface area (Å²) in [5, 5.41) is 2.65. The summed E-state index contributed by atoms with van der Waals surface area (Å²) in [7, 11) is 1.28. The Labute approximate surface area is 132 Å². The van der Waals surface area contributed by atoms with Crippen molar-refractivity contribution in [2.45, 2.75) is 12.8 Å². The molecule has 0 atom stereocenters. The van der Waals surface area contributed by atoms with Crippen molar-refractivity contribution in [3.05, 3.63) is 58.8 Å². The number of nitrogens with one attached hydrogen (secondary N) is 1. The number of fused-ring (bicyclic) bond motifs is 1. The molecule has 1 amide bonds. The van der Waals surface area contributed by atoms with Gasteiger partial charge in [0.05, 0.1) is 12.7 Å². The number of rotatable bonds is 3. The lowest BCUT2D eigenvalue weighted by atomic mass is 10.0. The van der Waals surface area contributed by atoms with Crippen molar-refractivity contribution in [1.82, 2.24) is 4.98 Å². The van der Waals surface area contributed by atoms with E-state index in [1.807, 2.05) is 0 Å². The summed E-state index contributed by atoms with van der Waals surface area (Å²) in [5.74, 6) is -0.555. The van der Waals surface area contributed by atoms with Crippen LogP contribution in [0.15, 0.2) is 36.5 Å². The molecule has 2 aromatic rings. The number of pyridine rings is 1. The van der Waals surface area contributed by atoms with Gasteiger partial charge in [-0.05, 0) is 30.2 Å². The van der Waals surface area contributed by atoms with Crippen molar-refractivity contribution in [3.63, 3.8) is 0 Å². The maximum absolute atomic E-state index is 12.5. The molecular weight excluding hydrogens is 296 g/mol. The molecule has 0 saturated carbocycles. The number of methoxy groups -OCH3 is 1. The molecule has 1 N–H and O–H groups in total. The van der Waals surface area contributed by atoms with E-state index in [1.54, 1.807) is 18.2 Å². The summed E-state index contributed by atoms with van der Waals surface area (Å²) in [6.07, 6.45) is 2.41. The topological polar surface area (TPSA) is 85.4 Å². The number of ether oxygens (including phenoxy) is 1. The predicted octanol–water partition coefficient (Wildman–Crippen LogP) is 2.25. The summed E-state index contributed by atoms with van der Waals surface area (Å²) in [4.78, 5) is 39.7. The van der Waals surface area contributed by atoms with Gasteiger partial charge in [-0.1, -0.05) is 12.1 Å². The minimum atomic E-state index is -0.505. The normalized spacial score (nSPS) is 12.7. The lowest BCUT2D eigenvalue weighted by Gasteiger charge is -2.09. The minimum Gasteiger partial charge on any atom is -0.465 e. The Bertz CT molecular complexity index is 814. The van der Waals surface area contributed by atoms with Crippen LogP contribution in [0.3, 0.4) is 0 Å². The molecule has 0 aliphatic heterocycles. The molecular formula is C17H14N2O4. The number of nitrogens with zero attached hydrogens (tertiary/aromatic N) is 1. The number of hydrogen-bond donors (Lipinski definition) is 1. The molecule has 1 aromatic carbocycles. The molecule has 1 heterocycles. The molecule has 0 unspecified atom stereocenters. The lowest BCUT2D eigenvalue weighted by molar-refractivity contribution is 0.0600. The Hall–Kier alpha value is -3.02. The van der Waals surface area contributed by atoms with Gasteiger partial charge >= 0.3 is 5.97 Å². The number of benzene rings is 1. The fourth-order valence-electron chi connectivity index (χ4n) is 2.63. The van der Waals surface area contributed by atoms with Crippen molar-refractivity contribution in [2.24, 2.45) is 0 Å². The van der Waals surface area contributed by atoms with Crippen LogP contribution in [-0.4, -0.2) is 29.8 Å². The summed E-state index contributed by atoms with van der Waals surface area (Å²) < 4.78 is 4.64. The Morgan fingerprint density at radius 2 is 2.04 bits per heavy atom. The second kappa shape index (κ2) is 6.00. The lowest BCUT2D eigenvalue weighted by Crippen LogP contribution is -2.16. The Morgan fingerprint density at radius 3 is 2.83 bits per heavy atom. The summed E-state index contributed by atoms with van der Waals surface area (Å²) in [6.45, 7) is 0. The number of hydrogen-bond acceptors (Lipinski definition) is 5. The zero-order valence-electron chi connectivity index (χ0n) is 12.5. The molecule has 116 valence electrons. The highest BCUT2D eigenvalue weighted by Gasteiger charge is 2.24. The second-order valence-electron chi connectivity index (χ2n) is 5.13. The van der Waals surface area contributed by atoms with Gasteiger partial charge in [-0.3, -0.25) is 9.59 Å². The molecule has 6 nitrogen and oxygen atoms in total. The van der Waals surface area contributed by atoms with E-state index in [4.69, 9.17) is 0 Å². The number of carbonyl (C=O) groups is 3. The van der Waals surface area contributed by atoms with Crippen LogP contribution < -0.4 is 5.32 Å². The second-order valence-corrected chi connectivity index (χ2v) is 5.13. The van der Waals surface area contributed by atoms with E-state index in [-0.39, 0.29) is 17.5 Å². The van der Waals surface area contributed by atoms with Crippen molar-refractivity contribution < 1.29 is 19.1 Å². The van der Waals surface area contributed by atoms with Crippen LogP contribution in [0.2, 0.25) is 0 Å². The van der Waals surface area contributed by atoms with Gasteiger partial charge in [-0.2, -0.15) is 0 Å². The number of amides is 1. The number of ketones is 1. The quantitative estimate of drug-likeness (QED) is 0.879. The molecule has 0 saturated heterocycles. The Balaban J connectivity index is 1.86. The molecule has 6 heteroatoms. The van der Waals surface area contributed by atoms with E-state index in [2.05, 4.69) is 15.0 Å². The third-order valence-corrected chi connectivity index (χ3v) is 3.75. The van der Waals surface area contributed by atoms with Crippen LogP contribution in [0.25, 0.3) is 0 Å². The van der Waals surface area contributed by atoms with Gasteiger partial charge in [0, 0.05) is 23.7 Å². The van der Waals surface area contributed by atoms with Crippen LogP contribution in [0.1, 0.15) is 43.1 Å². The first-order chi connectivity index (χ1) is 11.1. The number of Topliss-reactive ketones (excluding diaryl/α,β-unsaturated/α-hetero) is 1. The van der Waals surface area contributed by atoms with Gasteiger partial charge in [-0.15, -0.1) is 0 Å².